The van der Waals surface area contributed by atoms with Crippen LogP contribution in [0.15, 0.2) is 36.9 Å². The number of hydrogen-bond acceptors (Lipinski definition) is 7. The number of rotatable bonds is 5. The van der Waals surface area contributed by atoms with Crippen molar-refractivity contribution in [2.24, 2.45) is 5.92 Å². The molecule has 26 heavy (non-hydrogen) atoms. The number of hydrogen-bond donors (Lipinski definition) is 1. The number of pyridine rings is 1. The number of anilines is 1. The lowest BCUT2D eigenvalue weighted by molar-refractivity contribution is 0.0982. The van der Waals surface area contributed by atoms with Crippen LogP contribution in [0.5, 0.6) is 0 Å². The fourth-order valence-corrected chi connectivity index (χ4v) is 2.96. The summed E-state index contributed by atoms with van der Waals surface area (Å²) >= 11 is 0. The molecule has 1 aliphatic heterocycles. The summed E-state index contributed by atoms with van der Waals surface area (Å²) in [4.78, 5) is 12.8. The molecule has 0 aliphatic carbocycles. The minimum Gasteiger partial charge on any atom is -0.375 e. The Labute approximate surface area is 151 Å². The van der Waals surface area contributed by atoms with Gasteiger partial charge in [0.25, 0.3) is 0 Å². The molecule has 0 spiro atoms. The van der Waals surface area contributed by atoms with Crippen LogP contribution in [0.25, 0.3) is 11.3 Å². The number of fused-ring (bicyclic) bond motifs is 1. The Morgan fingerprint density at radius 2 is 2.15 bits per heavy atom. The van der Waals surface area contributed by atoms with Gasteiger partial charge in [0, 0.05) is 49.4 Å². The van der Waals surface area contributed by atoms with E-state index in [4.69, 9.17) is 4.74 Å². The van der Waals surface area contributed by atoms with Crippen molar-refractivity contribution in [2.45, 2.75) is 26.5 Å². The molecule has 4 heterocycles. The lowest BCUT2D eigenvalue weighted by Crippen LogP contribution is -2.23. The van der Waals surface area contributed by atoms with Gasteiger partial charge < -0.3 is 10.1 Å². The van der Waals surface area contributed by atoms with Crippen molar-refractivity contribution in [1.29, 1.82) is 0 Å². The second-order valence-corrected chi connectivity index (χ2v) is 6.34. The van der Waals surface area contributed by atoms with E-state index in [2.05, 4.69) is 37.5 Å². The second kappa shape index (κ2) is 7.57. The van der Waals surface area contributed by atoms with Gasteiger partial charge in [-0.25, -0.2) is 14.6 Å². The van der Waals surface area contributed by atoms with E-state index in [1.165, 1.54) is 0 Å². The second-order valence-electron chi connectivity index (χ2n) is 6.34. The number of aryl methyl sites for hydroxylation is 1. The summed E-state index contributed by atoms with van der Waals surface area (Å²) in [6, 6.07) is 3.88. The van der Waals surface area contributed by atoms with E-state index < -0.39 is 0 Å². The summed E-state index contributed by atoms with van der Waals surface area (Å²) in [5.74, 6) is 0.899. The zero-order chi connectivity index (χ0) is 17.8. The maximum Gasteiger partial charge on any atom is 0.222 e. The molecule has 3 aromatic rings. The minimum atomic E-state index is 0.258. The number of nitrogens with one attached hydrogen (secondary N) is 1. The molecule has 8 heteroatoms. The smallest absolute Gasteiger partial charge is 0.222 e. The number of ether oxygens (including phenoxy) is 1. The molecule has 0 saturated carbocycles. The van der Waals surface area contributed by atoms with Crippen molar-refractivity contribution in [2.75, 3.05) is 18.5 Å². The van der Waals surface area contributed by atoms with Gasteiger partial charge in [0.05, 0.1) is 18.9 Å². The normalized spacial score (nSPS) is 16.7. The van der Waals surface area contributed by atoms with Crippen molar-refractivity contribution >= 4 is 5.95 Å². The molecule has 8 nitrogen and oxygen atoms in total. The molecule has 1 aliphatic rings. The van der Waals surface area contributed by atoms with Gasteiger partial charge in [-0.05, 0) is 24.1 Å². The van der Waals surface area contributed by atoms with Crippen LogP contribution in [-0.4, -0.2) is 43.1 Å². The van der Waals surface area contributed by atoms with Crippen LogP contribution in [-0.2, 0) is 24.3 Å². The van der Waals surface area contributed by atoms with E-state index >= 15 is 0 Å². The molecule has 0 fully saturated rings. The van der Waals surface area contributed by atoms with Gasteiger partial charge in [-0.1, -0.05) is 12.1 Å². The quantitative estimate of drug-likeness (QED) is 0.751. The molecule has 0 amide bonds. The predicted molar refractivity (Wildman–Crippen MR) is 96.3 cm³/mol. The first-order valence-corrected chi connectivity index (χ1v) is 8.78. The van der Waals surface area contributed by atoms with Gasteiger partial charge in [-0.15, -0.1) is 5.10 Å². The number of nitrogens with zero attached hydrogens (tertiary/aromatic N) is 6. The Balaban J connectivity index is 1.44. The first kappa shape index (κ1) is 16.6. The largest absolute Gasteiger partial charge is 0.375 e. The van der Waals surface area contributed by atoms with E-state index in [0.29, 0.717) is 25.7 Å². The Morgan fingerprint density at radius 1 is 1.27 bits per heavy atom. The highest BCUT2D eigenvalue weighted by atomic mass is 16.5. The van der Waals surface area contributed by atoms with Gasteiger partial charge in [0.2, 0.25) is 5.95 Å². The average molecular weight is 351 g/mol. The van der Waals surface area contributed by atoms with Crippen molar-refractivity contribution < 1.29 is 4.74 Å². The molecule has 0 saturated heterocycles. The highest BCUT2D eigenvalue weighted by molar-refractivity contribution is 5.59. The molecule has 1 N–H and O–H groups in total. The molecule has 134 valence electrons. The summed E-state index contributed by atoms with van der Waals surface area (Å²) in [7, 11) is 0. The Bertz CT molecular complexity index is 848. The molecule has 0 bridgehead atoms. The van der Waals surface area contributed by atoms with Crippen molar-refractivity contribution in [3.8, 4) is 11.3 Å². The molecule has 1 atom stereocenters. The average Bonchev–Trinajstić information content (AvgIpc) is 2.98. The maximum atomic E-state index is 5.88. The lowest BCUT2D eigenvalue weighted by Gasteiger charge is -2.14. The van der Waals surface area contributed by atoms with Crippen LogP contribution >= 0.6 is 0 Å². The minimum absolute atomic E-state index is 0.258. The monoisotopic (exact) mass is 351 g/mol. The van der Waals surface area contributed by atoms with Crippen LogP contribution in [0, 0.1) is 5.92 Å². The van der Waals surface area contributed by atoms with Crippen molar-refractivity contribution in [3.05, 3.63) is 48.2 Å². The molecular weight excluding hydrogens is 330 g/mol. The van der Waals surface area contributed by atoms with Crippen molar-refractivity contribution in [3.63, 3.8) is 0 Å². The van der Waals surface area contributed by atoms with Gasteiger partial charge in [0.15, 0.2) is 0 Å². The van der Waals surface area contributed by atoms with E-state index in [-0.39, 0.29) is 5.92 Å². The fourth-order valence-electron chi connectivity index (χ4n) is 2.96. The van der Waals surface area contributed by atoms with Crippen LogP contribution in [0.3, 0.4) is 0 Å². The highest BCUT2D eigenvalue weighted by Gasteiger charge is 2.22. The zero-order valence-electron chi connectivity index (χ0n) is 14.7. The van der Waals surface area contributed by atoms with Crippen LogP contribution in [0.1, 0.15) is 18.2 Å². The van der Waals surface area contributed by atoms with Gasteiger partial charge in [-0.3, -0.25) is 4.98 Å². The van der Waals surface area contributed by atoms with Gasteiger partial charge >= 0.3 is 0 Å². The topological polar surface area (TPSA) is 90.6 Å². The van der Waals surface area contributed by atoms with Crippen LogP contribution in [0.4, 0.5) is 5.95 Å². The summed E-state index contributed by atoms with van der Waals surface area (Å²) in [6.45, 7) is 4.69. The molecule has 3 aromatic heterocycles. The van der Waals surface area contributed by atoms with Gasteiger partial charge in [-0.2, -0.15) is 0 Å². The first-order valence-electron chi connectivity index (χ1n) is 8.78. The lowest BCUT2D eigenvalue weighted by atomic mass is 10.1. The predicted octanol–water partition coefficient (Wildman–Crippen LogP) is 1.95. The molecule has 0 aromatic carbocycles. The summed E-state index contributed by atoms with van der Waals surface area (Å²) in [6.07, 6.45) is 8.19. The summed E-state index contributed by atoms with van der Waals surface area (Å²) in [5.41, 5.74) is 3.91. The third kappa shape index (κ3) is 3.55. The maximum absolute atomic E-state index is 5.88. The molecule has 1 unspecified atom stereocenters. The van der Waals surface area contributed by atoms with Crippen LogP contribution < -0.4 is 5.32 Å². The van der Waals surface area contributed by atoms with E-state index in [9.17, 15) is 0 Å². The molecule has 0 radical (unpaired) electrons. The van der Waals surface area contributed by atoms with E-state index in [1.807, 2.05) is 29.2 Å². The Hall–Kier alpha value is -2.87. The van der Waals surface area contributed by atoms with E-state index in [1.54, 1.807) is 12.4 Å². The van der Waals surface area contributed by atoms with Gasteiger partial charge in [0.1, 0.15) is 5.69 Å². The molecular formula is C18H21N7O. The number of aromatic nitrogens is 6. The first-order chi connectivity index (χ1) is 12.8. The Morgan fingerprint density at radius 3 is 2.92 bits per heavy atom. The van der Waals surface area contributed by atoms with E-state index in [0.717, 1.165) is 35.5 Å². The third-order valence-electron chi connectivity index (χ3n) is 4.46. The van der Waals surface area contributed by atoms with Crippen LogP contribution in [0.2, 0.25) is 0 Å². The summed E-state index contributed by atoms with van der Waals surface area (Å²) in [5, 5.41) is 11.9. The van der Waals surface area contributed by atoms with Crippen molar-refractivity contribution in [1.82, 2.24) is 29.9 Å². The zero-order valence-corrected chi connectivity index (χ0v) is 14.7. The summed E-state index contributed by atoms with van der Waals surface area (Å²) < 4.78 is 7.81. The molecule has 4 rings (SSSR count). The standard InChI is InChI=1S/C18H21N7O/c1-2-13-6-20-18(21-7-13)22-8-14-10-25-16(12-26-11-14)17(23-24-25)15-4-3-5-19-9-15/h3-7,9,14H,2,8,10-12H2,1H3,(H,20,21,22). The highest BCUT2D eigenvalue weighted by Crippen LogP contribution is 2.23. The fraction of sp³-hybridized carbons (Fsp3) is 0.389. The third-order valence-corrected chi connectivity index (χ3v) is 4.46. The Kier molecular flexibility index (Phi) is 4.83. The SMILES string of the molecule is CCc1cnc(NCC2COCc3c(-c4cccnc4)nnn3C2)nc1.